The van der Waals surface area contributed by atoms with Crippen molar-refractivity contribution in [3.05, 3.63) is 23.9 Å². The molecule has 1 aromatic heterocycles. The predicted octanol–water partition coefficient (Wildman–Crippen LogP) is 1.90. The van der Waals surface area contributed by atoms with E-state index in [0.717, 1.165) is 5.56 Å². The third-order valence-electron chi connectivity index (χ3n) is 2.78. The van der Waals surface area contributed by atoms with E-state index in [1.165, 1.54) is 0 Å². The number of aliphatic imine (C=N–C) groups is 1. The molecule has 0 aliphatic rings. The van der Waals surface area contributed by atoms with Crippen molar-refractivity contribution in [2.75, 3.05) is 27.2 Å². The molecule has 1 rings (SSSR count). The molecule has 0 radical (unpaired) electrons. The predicted molar refractivity (Wildman–Crippen MR) is 109 cm³/mol. The number of hydrogen-bond donors (Lipinski definition) is 3. The Hall–Kier alpha value is -1.78. The van der Waals surface area contributed by atoms with Crippen LogP contribution < -0.4 is 20.7 Å². The molecule has 3 N–H and O–H groups in total. The van der Waals surface area contributed by atoms with Crippen LogP contribution in [0.5, 0.6) is 5.88 Å². The minimum atomic E-state index is -0.499. The number of halogens is 1. The van der Waals surface area contributed by atoms with Crippen molar-refractivity contribution >= 4 is 36.0 Å². The van der Waals surface area contributed by atoms with Crippen LogP contribution in [0.4, 0.5) is 4.79 Å². The number of guanidine groups is 1. The second-order valence-electron chi connectivity index (χ2n) is 5.99. The third-order valence-corrected chi connectivity index (χ3v) is 2.78. The Morgan fingerprint density at radius 1 is 1.20 bits per heavy atom. The van der Waals surface area contributed by atoms with Gasteiger partial charge in [0.05, 0.1) is 7.11 Å². The largest absolute Gasteiger partial charge is 0.481 e. The molecule has 0 spiro atoms. The lowest BCUT2D eigenvalue weighted by atomic mass is 10.2. The Morgan fingerprint density at radius 3 is 2.40 bits per heavy atom. The smallest absolute Gasteiger partial charge is 0.407 e. The number of hydrogen-bond acceptors (Lipinski definition) is 5. The lowest BCUT2D eigenvalue weighted by Gasteiger charge is -2.19. The van der Waals surface area contributed by atoms with Crippen molar-refractivity contribution < 1.29 is 14.3 Å². The lowest BCUT2D eigenvalue weighted by Crippen LogP contribution is -2.42. The van der Waals surface area contributed by atoms with Gasteiger partial charge >= 0.3 is 6.09 Å². The van der Waals surface area contributed by atoms with E-state index in [2.05, 4.69) is 25.9 Å². The quantitative estimate of drug-likeness (QED) is 0.257. The van der Waals surface area contributed by atoms with Crippen LogP contribution in [-0.4, -0.2) is 49.9 Å². The van der Waals surface area contributed by atoms with E-state index in [1.54, 1.807) is 26.4 Å². The van der Waals surface area contributed by atoms with Gasteiger partial charge in [0.1, 0.15) is 5.60 Å². The number of methoxy groups -OCH3 is 1. The van der Waals surface area contributed by atoms with Gasteiger partial charge < -0.3 is 25.4 Å². The zero-order valence-electron chi connectivity index (χ0n) is 15.4. The highest BCUT2D eigenvalue weighted by atomic mass is 127. The molecule has 0 aliphatic carbocycles. The van der Waals surface area contributed by atoms with E-state index >= 15 is 0 Å². The molecule has 0 aliphatic heterocycles. The van der Waals surface area contributed by atoms with Crippen molar-refractivity contribution in [1.82, 2.24) is 20.9 Å². The van der Waals surface area contributed by atoms with Crippen LogP contribution in [0.1, 0.15) is 26.3 Å². The second-order valence-corrected chi connectivity index (χ2v) is 5.99. The van der Waals surface area contributed by atoms with Crippen LogP contribution in [0, 0.1) is 0 Å². The van der Waals surface area contributed by atoms with Crippen molar-refractivity contribution in [1.29, 1.82) is 0 Å². The molecule has 1 heterocycles. The van der Waals surface area contributed by atoms with Crippen LogP contribution in [-0.2, 0) is 11.3 Å². The summed E-state index contributed by atoms with van der Waals surface area (Å²) in [5, 5.41) is 8.94. The lowest BCUT2D eigenvalue weighted by molar-refractivity contribution is 0.0529. The molecule has 0 fully saturated rings. The van der Waals surface area contributed by atoms with Gasteiger partial charge in [0.25, 0.3) is 0 Å². The van der Waals surface area contributed by atoms with Gasteiger partial charge in [-0.2, -0.15) is 0 Å². The summed E-state index contributed by atoms with van der Waals surface area (Å²) < 4.78 is 10.2. The first-order valence-corrected chi connectivity index (χ1v) is 7.74. The summed E-state index contributed by atoms with van der Waals surface area (Å²) in [6, 6.07) is 3.73. The summed E-state index contributed by atoms with van der Waals surface area (Å²) in [5.41, 5.74) is 0.507. The highest BCUT2D eigenvalue weighted by molar-refractivity contribution is 14.0. The molecule has 8 nitrogen and oxygen atoms in total. The first kappa shape index (κ1) is 23.2. The van der Waals surface area contributed by atoms with E-state index in [-0.39, 0.29) is 24.0 Å². The topological polar surface area (TPSA) is 96.9 Å². The zero-order valence-corrected chi connectivity index (χ0v) is 17.7. The Labute approximate surface area is 166 Å². The number of nitrogens with zero attached hydrogens (tertiary/aromatic N) is 2. The first-order valence-electron chi connectivity index (χ1n) is 7.74. The fourth-order valence-electron chi connectivity index (χ4n) is 1.70. The molecular weight excluding hydrogens is 437 g/mol. The van der Waals surface area contributed by atoms with Crippen molar-refractivity contribution in [2.45, 2.75) is 32.9 Å². The average Bonchev–Trinajstić information content (AvgIpc) is 2.53. The van der Waals surface area contributed by atoms with Gasteiger partial charge in [-0.25, -0.2) is 9.78 Å². The monoisotopic (exact) mass is 465 g/mol. The Bertz CT molecular complexity index is 544. The molecule has 0 saturated heterocycles. The minimum Gasteiger partial charge on any atom is -0.481 e. The normalized spacial score (nSPS) is 11.2. The van der Waals surface area contributed by atoms with Gasteiger partial charge in [-0.3, -0.25) is 4.99 Å². The van der Waals surface area contributed by atoms with Gasteiger partial charge in [0.2, 0.25) is 5.88 Å². The molecule has 0 aromatic carbocycles. The molecule has 142 valence electrons. The van der Waals surface area contributed by atoms with Crippen LogP contribution in [0.3, 0.4) is 0 Å². The minimum absolute atomic E-state index is 0. The van der Waals surface area contributed by atoms with Gasteiger partial charge in [-0.1, -0.05) is 6.07 Å². The molecule has 9 heteroatoms. The highest BCUT2D eigenvalue weighted by Gasteiger charge is 2.15. The van der Waals surface area contributed by atoms with Crippen LogP contribution in [0.25, 0.3) is 0 Å². The third kappa shape index (κ3) is 10.6. The zero-order chi connectivity index (χ0) is 18.0. The molecular formula is C16H28IN5O3. The molecule has 0 atom stereocenters. The van der Waals surface area contributed by atoms with Gasteiger partial charge in [0, 0.05) is 38.9 Å². The van der Waals surface area contributed by atoms with Gasteiger partial charge in [0.15, 0.2) is 5.96 Å². The van der Waals surface area contributed by atoms with Crippen LogP contribution in [0.15, 0.2) is 23.3 Å². The highest BCUT2D eigenvalue weighted by Crippen LogP contribution is 2.06. The van der Waals surface area contributed by atoms with Crippen molar-refractivity contribution in [3.63, 3.8) is 0 Å². The summed E-state index contributed by atoms with van der Waals surface area (Å²) >= 11 is 0. The maximum absolute atomic E-state index is 11.5. The van der Waals surface area contributed by atoms with Crippen molar-refractivity contribution in [3.8, 4) is 5.88 Å². The Kier molecular flexibility index (Phi) is 10.9. The van der Waals surface area contributed by atoms with Crippen LogP contribution >= 0.6 is 24.0 Å². The number of ether oxygens (including phenoxy) is 2. The van der Waals surface area contributed by atoms with E-state index in [9.17, 15) is 4.79 Å². The van der Waals surface area contributed by atoms with Crippen molar-refractivity contribution in [2.24, 2.45) is 4.99 Å². The standard InChI is InChI=1S/C16H27N5O3.HI/c1-16(2,3)24-15(22)19-9-8-18-14(17-4)21-11-12-6-7-13(23-5)20-10-12;/h6-7,10H,8-9,11H2,1-5H3,(H,19,22)(H2,17,18,21);1H. The summed E-state index contributed by atoms with van der Waals surface area (Å²) in [6.07, 6.45) is 1.31. The fourth-order valence-corrected chi connectivity index (χ4v) is 1.70. The number of rotatable bonds is 6. The molecule has 1 amide bonds. The molecule has 0 saturated carbocycles. The van der Waals surface area contributed by atoms with E-state index in [0.29, 0.717) is 31.5 Å². The number of nitrogens with one attached hydrogen (secondary N) is 3. The first-order chi connectivity index (χ1) is 11.3. The Balaban J connectivity index is 0.00000576. The number of carbonyl (C=O) groups excluding carboxylic acids is 1. The number of carbonyl (C=O) groups is 1. The summed E-state index contributed by atoms with van der Waals surface area (Å²) in [4.78, 5) is 19.8. The summed E-state index contributed by atoms with van der Waals surface area (Å²) in [7, 11) is 3.26. The van der Waals surface area contributed by atoms with Gasteiger partial charge in [-0.15, -0.1) is 24.0 Å². The second kappa shape index (κ2) is 11.7. The van der Waals surface area contributed by atoms with Crippen LogP contribution in [0.2, 0.25) is 0 Å². The summed E-state index contributed by atoms with van der Waals surface area (Å²) in [6.45, 7) is 7.01. The maximum atomic E-state index is 11.5. The van der Waals surface area contributed by atoms with E-state index in [4.69, 9.17) is 9.47 Å². The number of pyridine rings is 1. The average molecular weight is 465 g/mol. The van der Waals surface area contributed by atoms with E-state index in [1.807, 2.05) is 26.8 Å². The Morgan fingerprint density at radius 2 is 1.88 bits per heavy atom. The molecule has 1 aromatic rings. The number of alkyl carbamates (subject to hydrolysis) is 1. The maximum Gasteiger partial charge on any atom is 0.407 e. The summed E-state index contributed by atoms with van der Waals surface area (Å²) in [5.74, 6) is 1.21. The molecule has 0 bridgehead atoms. The fraction of sp³-hybridized carbons (Fsp3) is 0.562. The van der Waals surface area contributed by atoms with Gasteiger partial charge in [-0.05, 0) is 26.3 Å². The molecule has 0 unspecified atom stereocenters. The van der Waals surface area contributed by atoms with E-state index < -0.39 is 11.7 Å². The molecule has 25 heavy (non-hydrogen) atoms. The SMILES string of the molecule is CN=C(NCCNC(=O)OC(C)(C)C)NCc1ccc(OC)nc1.I. The number of amides is 1. The number of aromatic nitrogens is 1.